The molecule has 2 heterocycles. The van der Waals surface area contributed by atoms with Gasteiger partial charge in [0.15, 0.2) is 8.68 Å². The molecule has 1 unspecified atom stereocenters. The Balaban J connectivity index is 1.68. The van der Waals surface area contributed by atoms with Crippen LogP contribution in [-0.4, -0.2) is 38.7 Å². The summed E-state index contributed by atoms with van der Waals surface area (Å²) in [6, 6.07) is 5.87. The Kier molecular flexibility index (Phi) is 7.33. The van der Waals surface area contributed by atoms with Crippen LogP contribution in [0.2, 0.25) is 0 Å². The Morgan fingerprint density at radius 3 is 2.81 bits per heavy atom. The van der Waals surface area contributed by atoms with Gasteiger partial charge in [-0.2, -0.15) is 0 Å². The second kappa shape index (κ2) is 9.72. The summed E-state index contributed by atoms with van der Waals surface area (Å²) in [4.78, 5) is 17.3. The van der Waals surface area contributed by atoms with Crippen LogP contribution in [-0.2, 0) is 4.79 Å². The molecule has 1 N–H and O–H groups in total. The molecule has 144 valence electrons. The van der Waals surface area contributed by atoms with E-state index in [0.717, 1.165) is 30.4 Å². The molecule has 0 saturated heterocycles. The zero-order valence-electron chi connectivity index (χ0n) is 15.2. The molecule has 1 aromatic carbocycles. The van der Waals surface area contributed by atoms with E-state index in [1.54, 1.807) is 23.1 Å². The van der Waals surface area contributed by atoms with Crippen LogP contribution in [0.5, 0.6) is 5.75 Å². The lowest BCUT2D eigenvalue weighted by Gasteiger charge is -2.11. The predicted molar refractivity (Wildman–Crippen MR) is 116 cm³/mol. The molecule has 6 nitrogen and oxygen atoms in total. The molecule has 0 aliphatic carbocycles. The van der Waals surface area contributed by atoms with Crippen LogP contribution < -0.4 is 10.1 Å². The highest BCUT2D eigenvalue weighted by Crippen LogP contribution is 2.35. The van der Waals surface area contributed by atoms with Gasteiger partial charge in [-0.25, -0.2) is 4.98 Å². The molecule has 0 aliphatic rings. The maximum atomic E-state index is 12.6. The number of thiazole rings is 1. The number of carbonyl (C=O) groups is 1. The van der Waals surface area contributed by atoms with Crippen molar-refractivity contribution in [2.24, 2.45) is 0 Å². The van der Waals surface area contributed by atoms with E-state index in [-0.39, 0.29) is 11.2 Å². The first kappa shape index (κ1) is 20.4. The molecule has 1 amide bonds. The lowest BCUT2D eigenvalue weighted by atomic mass is 10.3. The Bertz CT molecular complexity index is 911. The zero-order chi connectivity index (χ0) is 19.2. The van der Waals surface area contributed by atoms with Crippen molar-refractivity contribution in [1.82, 2.24) is 15.2 Å². The maximum absolute atomic E-state index is 12.6. The third-order valence-electron chi connectivity index (χ3n) is 3.46. The van der Waals surface area contributed by atoms with Crippen LogP contribution in [0, 0.1) is 0 Å². The molecule has 3 rings (SSSR count). The second-order valence-corrected chi connectivity index (χ2v) is 10.3. The maximum Gasteiger partial charge on any atom is 0.239 e. The highest BCUT2D eigenvalue weighted by atomic mass is 32.2. The molecule has 2 aromatic heterocycles. The summed E-state index contributed by atoms with van der Waals surface area (Å²) in [5.41, 5.74) is 0.923. The average molecular weight is 441 g/mol. The summed E-state index contributed by atoms with van der Waals surface area (Å²) in [6.45, 7) is 6.65. The largest absolute Gasteiger partial charge is 0.494 e. The van der Waals surface area contributed by atoms with E-state index >= 15 is 0 Å². The van der Waals surface area contributed by atoms with E-state index in [9.17, 15) is 4.79 Å². The molecule has 0 aliphatic heterocycles. The van der Waals surface area contributed by atoms with Gasteiger partial charge in [0.05, 0.1) is 22.1 Å². The predicted octanol–water partition coefficient (Wildman–Crippen LogP) is 5.17. The van der Waals surface area contributed by atoms with E-state index in [4.69, 9.17) is 4.74 Å². The summed E-state index contributed by atoms with van der Waals surface area (Å²) in [6.07, 6.45) is 0.700. The summed E-state index contributed by atoms with van der Waals surface area (Å²) in [7, 11) is 0. The van der Waals surface area contributed by atoms with Gasteiger partial charge in [0, 0.05) is 0 Å². The molecule has 0 radical (unpaired) electrons. The van der Waals surface area contributed by atoms with E-state index in [1.807, 2.05) is 32.0 Å². The van der Waals surface area contributed by atoms with Crippen LogP contribution >= 0.6 is 46.2 Å². The average Bonchev–Trinajstić information content (AvgIpc) is 3.26. The van der Waals surface area contributed by atoms with E-state index < -0.39 is 0 Å². The molecular formula is C17H20N4O2S4. The Morgan fingerprint density at radius 2 is 2.07 bits per heavy atom. The number of benzene rings is 1. The molecule has 0 fully saturated rings. The van der Waals surface area contributed by atoms with Gasteiger partial charge in [0.2, 0.25) is 11.0 Å². The number of aromatic nitrogens is 3. The van der Waals surface area contributed by atoms with Crippen LogP contribution in [0.3, 0.4) is 0 Å². The van der Waals surface area contributed by atoms with Crippen LogP contribution in [0.25, 0.3) is 10.2 Å². The number of thioether (sulfide) groups is 2. The number of hydrogen-bond acceptors (Lipinski definition) is 9. The molecule has 27 heavy (non-hydrogen) atoms. The fourth-order valence-corrected chi connectivity index (χ4v) is 6.18. The first-order valence-corrected chi connectivity index (χ1v) is 12.1. The zero-order valence-corrected chi connectivity index (χ0v) is 18.5. The summed E-state index contributed by atoms with van der Waals surface area (Å²) < 4.78 is 8.34. The minimum atomic E-state index is -0.233. The molecule has 0 spiro atoms. The number of amides is 1. The number of nitrogens with zero attached hydrogens (tertiary/aromatic N) is 3. The molecule has 1 atom stereocenters. The van der Waals surface area contributed by atoms with Gasteiger partial charge in [0.1, 0.15) is 5.75 Å². The monoisotopic (exact) mass is 440 g/mol. The van der Waals surface area contributed by atoms with Gasteiger partial charge in [-0.15, -0.1) is 21.5 Å². The molecular weight excluding hydrogens is 420 g/mol. The van der Waals surface area contributed by atoms with Gasteiger partial charge in [-0.3, -0.25) is 10.1 Å². The summed E-state index contributed by atoms with van der Waals surface area (Å²) >= 11 is 6.08. The van der Waals surface area contributed by atoms with Crippen molar-refractivity contribution < 1.29 is 9.53 Å². The fourth-order valence-electron chi connectivity index (χ4n) is 2.26. The number of ether oxygens (including phenoxy) is 1. The molecule has 0 bridgehead atoms. The molecule has 0 saturated carbocycles. The van der Waals surface area contributed by atoms with Gasteiger partial charge in [-0.1, -0.05) is 48.7 Å². The second-order valence-electron chi connectivity index (χ2n) is 5.35. The Labute approximate surface area is 174 Å². The number of nitrogens with one attached hydrogen (secondary N) is 1. The highest BCUT2D eigenvalue weighted by molar-refractivity contribution is 8.02. The number of fused-ring (bicyclic) bond motifs is 1. The number of carbonyl (C=O) groups excluding carboxylic acids is 1. The van der Waals surface area contributed by atoms with Crippen molar-refractivity contribution in [2.75, 3.05) is 17.7 Å². The number of rotatable bonds is 9. The highest BCUT2D eigenvalue weighted by Gasteiger charge is 2.21. The first-order chi connectivity index (χ1) is 13.1. The number of anilines is 1. The van der Waals surface area contributed by atoms with Crippen molar-refractivity contribution >= 4 is 67.5 Å². The normalized spacial score (nSPS) is 12.3. The van der Waals surface area contributed by atoms with Gasteiger partial charge in [0.25, 0.3) is 0 Å². The minimum absolute atomic E-state index is 0.0686. The topological polar surface area (TPSA) is 77.0 Å². The number of hydrogen-bond donors (Lipinski definition) is 1. The van der Waals surface area contributed by atoms with Crippen LogP contribution in [0.1, 0.15) is 27.2 Å². The van der Waals surface area contributed by atoms with Gasteiger partial charge >= 0.3 is 0 Å². The van der Waals surface area contributed by atoms with Crippen molar-refractivity contribution in [2.45, 2.75) is 41.1 Å². The van der Waals surface area contributed by atoms with E-state index in [0.29, 0.717) is 18.2 Å². The lowest BCUT2D eigenvalue weighted by molar-refractivity contribution is -0.115. The standard InChI is InChI=1S/C17H20N4O2S4/c1-4-12(14(22)19-15-20-21-17(27-15)24-6-3)25-16-18-11-8-7-10(23-5-2)9-13(11)26-16/h7-9,12H,4-6H2,1-3H3,(H,19,20,22). The third-order valence-corrected chi connectivity index (χ3v) is 7.79. The minimum Gasteiger partial charge on any atom is -0.494 e. The molecule has 3 aromatic rings. The van der Waals surface area contributed by atoms with Crippen molar-refractivity contribution in [1.29, 1.82) is 0 Å². The van der Waals surface area contributed by atoms with Crippen molar-refractivity contribution in [3.05, 3.63) is 18.2 Å². The summed E-state index contributed by atoms with van der Waals surface area (Å²) in [5, 5.41) is 11.3. The van der Waals surface area contributed by atoms with Gasteiger partial charge < -0.3 is 4.74 Å². The smallest absolute Gasteiger partial charge is 0.239 e. The van der Waals surface area contributed by atoms with Crippen molar-refractivity contribution in [3.8, 4) is 5.75 Å². The van der Waals surface area contributed by atoms with E-state index in [2.05, 4.69) is 27.4 Å². The van der Waals surface area contributed by atoms with Gasteiger partial charge in [-0.05, 0) is 37.3 Å². The SMILES string of the molecule is CCOc1ccc2nc(SC(CC)C(=O)Nc3nnc(SCC)s3)sc2c1. The first-order valence-electron chi connectivity index (χ1n) is 8.60. The lowest BCUT2D eigenvalue weighted by Crippen LogP contribution is -2.24. The Morgan fingerprint density at radius 1 is 1.22 bits per heavy atom. The van der Waals surface area contributed by atoms with Crippen molar-refractivity contribution in [3.63, 3.8) is 0 Å². The van der Waals surface area contributed by atoms with Crippen LogP contribution in [0.15, 0.2) is 26.9 Å². The van der Waals surface area contributed by atoms with E-state index in [1.165, 1.54) is 23.1 Å². The fraction of sp³-hybridized carbons (Fsp3) is 0.412. The Hall–Kier alpha value is -1.36. The third kappa shape index (κ3) is 5.34. The summed E-state index contributed by atoms with van der Waals surface area (Å²) in [5.74, 6) is 1.70. The molecule has 10 heteroatoms. The van der Waals surface area contributed by atoms with Crippen LogP contribution in [0.4, 0.5) is 5.13 Å². The quantitative estimate of drug-likeness (QED) is 0.363.